The quantitative estimate of drug-likeness (QED) is 0.801. The average molecular weight is 340 g/mol. The Kier molecular flexibility index (Phi) is 5.77. The van der Waals surface area contributed by atoms with Crippen LogP contribution in [0.4, 0.5) is 10.5 Å². The van der Waals surface area contributed by atoms with Gasteiger partial charge in [-0.15, -0.1) is 0 Å². The minimum absolute atomic E-state index is 0.170. The van der Waals surface area contributed by atoms with Crippen LogP contribution >= 0.6 is 0 Å². The molecule has 2 aromatic rings. The van der Waals surface area contributed by atoms with E-state index in [2.05, 4.69) is 10.6 Å². The molecule has 0 saturated heterocycles. The van der Waals surface area contributed by atoms with Crippen LogP contribution in [0.1, 0.15) is 25.3 Å². The van der Waals surface area contributed by atoms with Crippen molar-refractivity contribution in [3.63, 3.8) is 0 Å². The summed E-state index contributed by atoms with van der Waals surface area (Å²) >= 11 is 0. The second-order valence-electron chi connectivity index (χ2n) is 6.17. The monoisotopic (exact) mass is 340 g/mol. The zero-order chi connectivity index (χ0) is 17.5. The van der Waals surface area contributed by atoms with Crippen molar-refractivity contribution < 1.29 is 14.3 Å². The summed E-state index contributed by atoms with van der Waals surface area (Å²) in [5, 5.41) is 6.37. The molecule has 25 heavy (non-hydrogen) atoms. The first-order chi connectivity index (χ1) is 12.2. The van der Waals surface area contributed by atoms with E-state index < -0.39 is 0 Å². The van der Waals surface area contributed by atoms with Crippen molar-refractivity contribution in [1.82, 2.24) is 5.32 Å². The van der Waals surface area contributed by atoms with Gasteiger partial charge in [0.05, 0.1) is 6.61 Å². The van der Waals surface area contributed by atoms with Gasteiger partial charge in [0.2, 0.25) is 0 Å². The maximum atomic E-state index is 11.8. The Morgan fingerprint density at radius 2 is 1.76 bits per heavy atom. The molecular formula is C20H24N2O3. The van der Waals surface area contributed by atoms with E-state index >= 15 is 0 Å². The topological polar surface area (TPSA) is 59.6 Å². The number of alkyl carbamates (subject to hydrolysis) is 1. The standard InChI is InChI=1S/C20H24N2O3/c1-2-24-19-10-8-16(9-11-19)21-17-12-18(13-17)22-20(23)25-14-15-6-4-3-5-7-15/h3-11,17-18,21H,2,12-14H2,1H3,(H,22,23). The number of amides is 1. The van der Waals surface area contributed by atoms with Crippen LogP contribution in [0.15, 0.2) is 54.6 Å². The Balaban J connectivity index is 1.34. The van der Waals surface area contributed by atoms with Gasteiger partial charge in [0.25, 0.3) is 0 Å². The summed E-state index contributed by atoms with van der Waals surface area (Å²) in [6.45, 7) is 2.94. The minimum Gasteiger partial charge on any atom is -0.494 e. The normalized spacial score (nSPS) is 18.8. The molecule has 0 aromatic heterocycles. The molecule has 1 amide bonds. The summed E-state index contributed by atoms with van der Waals surface area (Å²) < 4.78 is 10.7. The third-order valence-electron chi connectivity index (χ3n) is 4.21. The molecule has 1 aliphatic carbocycles. The van der Waals surface area contributed by atoms with E-state index in [4.69, 9.17) is 9.47 Å². The first-order valence-corrected chi connectivity index (χ1v) is 8.69. The fraction of sp³-hybridized carbons (Fsp3) is 0.350. The molecule has 0 spiro atoms. The smallest absolute Gasteiger partial charge is 0.407 e. The van der Waals surface area contributed by atoms with E-state index in [1.54, 1.807) is 0 Å². The highest BCUT2D eigenvalue weighted by atomic mass is 16.5. The molecule has 1 saturated carbocycles. The number of hydrogen-bond acceptors (Lipinski definition) is 4. The van der Waals surface area contributed by atoms with Crippen molar-refractivity contribution in [2.75, 3.05) is 11.9 Å². The van der Waals surface area contributed by atoms with Gasteiger partial charge in [0, 0.05) is 17.8 Å². The van der Waals surface area contributed by atoms with Gasteiger partial charge in [0.15, 0.2) is 0 Å². The van der Waals surface area contributed by atoms with E-state index in [9.17, 15) is 4.79 Å². The van der Waals surface area contributed by atoms with Gasteiger partial charge in [-0.05, 0) is 49.6 Å². The molecule has 0 unspecified atom stereocenters. The Labute approximate surface area is 148 Å². The molecule has 5 nitrogen and oxygen atoms in total. The predicted molar refractivity (Wildman–Crippen MR) is 97.8 cm³/mol. The van der Waals surface area contributed by atoms with Crippen LogP contribution in [0.25, 0.3) is 0 Å². The molecule has 0 radical (unpaired) electrons. The Bertz CT molecular complexity index is 667. The van der Waals surface area contributed by atoms with Crippen molar-refractivity contribution in [2.45, 2.75) is 38.5 Å². The van der Waals surface area contributed by atoms with E-state index in [1.165, 1.54) is 0 Å². The summed E-state index contributed by atoms with van der Waals surface area (Å²) in [5.74, 6) is 0.877. The molecule has 132 valence electrons. The number of nitrogens with one attached hydrogen (secondary N) is 2. The largest absolute Gasteiger partial charge is 0.494 e. The van der Waals surface area contributed by atoms with Crippen LogP contribution in [-0.4, -0.2) is 24.8 Å². The van der Waals surface area contributed by atoms with Crippen molar-refractivity contribution >= 4 is 11.8 Å². The van der Waals surface area contributed by atoms with Crippen LogP contribution in [-0.2, 0) is 11.3 Å². The molecule has 2 aromatic carbocycles. The molecule has 3 rings (SSSR count). The molecule has 5 heteroatoms. The molecule has 1 aliphatic rings. The lowest BCUT2D eigenvalue weighted by molar-refractivity contribution is 0.129. The first-order valence-electron chi connectivity index (χ1n) is 8.69. The van der Waals surface area contributed by atoms with Gasteiger partial charge in [-0.25, -0.2) is 4.79 Å². The van der Waals surface area contributed by atoms with E-state index in [1.807, 2.05) is 61.5 Å². The molecule has 0 bridgehead atoms. The summed E-state index contributed by atoms with van der Waals surface area (Å²) in [5.41, 5.74) is 2.06. The fourth-order valence-corrected chi connectivity index (χ4v) is 2.83. The lowest BCUT2D eigenvalue weighted by Gasteiger charge is -2.36. The highest BCUT2D eigenvalue weighted by Crippen LogP contribution is 2.25. The van der Waals surface area contributed by atoms with Gasteiger partial charge in [-0.2, -0.15) is 0 Å². The van der Waals surface area contributed by atoms with Crippen LogP contribution in [0.2, 0.25) is 0 Å². The number of carbonyl (C=O) groups excluding carboxylic acids is 1. The van der Waals surface area contributed by atoms with Gasteiger partial charge in [0.1, 0.15) is 12.4 Å². The molecular weight excluding hydrogens is 316 g/mol. The molecule has 0 heterocycles. The van der Waals surface area contributed by atoms with Crippen LogP contribution in [0, 0.1) is 0 Å². The average Bonchev–Trinajstić information content (AvgIpc) is 2.61. The van der Waals surface area contributed by atoms with Gasteiger partial charge < -0.3 is 20.1 Å². The molecule has 0 aliphatic heterocycles. The van der Waals surface area contributed by atoms with E-state index in [0.29, 0.717) is 19.3 Å². The lowest BCUT2D eigenvalue weighted by atomic mass is 9.86. The summed E-state index contributed by atoms with van der Waals surface area (Å²) in [4.78, 5) is 11.8. The SMILES string of the molecule is CCOc1ccc(NC2CC(NC(=O)OCc3ccccc3)C2)cc1. The van der Waals surface area contributed by atoms with Crippen molar-refractivity contribution in [2.24, 2.45) is 0 Å². The fourth-order valence-electron chi connectivity index (χ4n) is 2.83. The summed E-state index contributed by atoms with van der Waals surface area (Å²) in [6, 6.07) is 18.2. The summed E-state index contributed by atoms with van der Waals surface area (Å²) in [7, 11) is 0. The maximum Gasteiger partial charge on any atom is 0.407 e. The highest BCUT2D eigenvalue weighted by Gasteiger charge is 2.30. The predicted octanol–water partition coefficient (Wildman–Crippen LogP) is 3.95. The number of hydrogen-bond donors (Lipinski definition) is 2. The minimum atomic E-state index is -0.353. The number of ether oxygens (including phenoxy) is 2. The summed E-state index contributed by atoms with van der Waals surface area (Å²) in [6.07, 6.45) is 1.44. The number of anilines is 1. The molecule has 1 fully saturated rings. The Morgan fingerprint density at radius 3 is 2.44 bits per heavy atom. The van der Waals surface area contributed by atoms with Crippen LogP contribution in [0.5, 0.6) is 5.75 Å². The zero-order valence-corrected chi connectivity index (χ0v) is 14.4. The van der Waals surface area contributed by atoms with Crippen molar-refractivity contribution in [3.05, 3.63) is 60.2 Å². The maximum absolute atomic E-state index is 11.8. The molecule has 2 N–H and O–H groups in total. The first kappa shape index (κ1) is 17.1. The second-order valence-corrected chi connectivity index (χ2v) is 6.17. The highest BCUT2D eigenvalue weighted by molar-refractivity contribution is 5.67. The number of carbonyl (C=O) groups is 1. The third kappa shape index (κ3) is 5.14. The van der Waals surface area contributed by atoms with Gasteiger partial charge >= 0.3 is 6.09 Å². The third-order valence-corrected chi connectivity index (χ3v) is 4.21. The van der Waals surface area contributed by atoms with Crippen LogP contribution < -0.4 is 15.4 Å². The Hall–Kier alpha value is -2.69. The Morgan fingerprint density at radius 1 is 1.04 bits per heavy atom. The number of rotatable bonds is 7. The second kappa shape index (κ2) is 8.42. The van der Waals surface area contributed by atoms with E-state index in [0.717, 1.165) is 29.8 Å². The zero-order valence-electron chi connectivity index (χ0n) is 14.4. The van der Waals surface area contributed by atoms with E-state index in [-0.39, 0.29) is 12.1 Å². The van der Waals surface area contributed by atoms with Gasteiger partial charge in [-0.3, -0.25) is 0 Å². The van der Waals surface area contributed by atoms with Crippen molar-refractivity contribution in [3.8, 4) is 5.75 Å². The number of benzene rings is 2. The molecule has 0 atom stereocenters. The lowest BCUT2D eigenvalue weighted by Crippen LogP contribution is -2.49. The van der Waals surface area contributed by atoms with Crippen molar-refractivity contribution in [1.29, 1.82) is 0 Å². The van der Waals surface area contributed by atoms with Gasteiger partial charge in [-0.1, -0.05) is 30.3 Å². The van der Waals surface area contributed by atoms with Crippen LogP contribution in [0.3, 0.4) is 0 Å².